The monoisotopic (exact) mass is 986 g/mol. The van der Waals surface area contributed by atoms with Gasteiger partial charge in [-0.1, -0.05) is 97.1 Å². The van der Waals surface area contributed by atoms with Crippen LogP contribution in [0.4, 0.5) is 0 Å². The molecule has 0 saturated carbocycles. The van der Waals surface area contributed by atoms with Crippen molar-refractivity contribution < 1.29 is 4.57 Å². The topological polar surface area (TPSA) is 60.2 Å². The Bertz CT molecular complexity index is 4150. The molecule has 0 aliphatic rings. The molecule has 5 nitrogen and oxygen atoms in total. The fraction of sp³-hybridized carbons (Fsp3) is 0. The summed E-state index contributed by atoms with van der Waals surface area (Å²) in [6.45, 7) is 0. The zero-order valence-electron chi connectivity index (χ0n) is 37.1. The SMILES string of the molecule is O=P(c1ccccc1)(c1ccccc1)c1ccc(-c2ccc3nc4c5ccc6ccccc6c5c5ccc(-c6cnc7cc(P(=[Se])(c8ccccc8)c8ccccc8)ccc7c6)cc5n4c3c2)nc1. The molecule has 0 N–H and O–H groups in total. The first kappa shape index (κ1) is 41.6. The Balaban J connectivity index is 0.960. The molecule has 0 amide bonds. The van der Waals surface area contributed by atoms with Crippen LogP contribution in [0.2, 0.25) is 0 Å². The van der Waals surface area contributed by atoms with Gasteiger partial charge in [0.15, 0.2) is 7.14 Å². The Morgan fingerprint density at radius 3 is 1.67 bits per heavy atom. The molecule has 0 atom stereocenters. The van der Waals surface area contributed by atoms with Gasteiger partial charge >= 0.3 is 205 Å². The van der Waals surface area contributed by atoms with E-state index >= 15 is 4.57 Å². The van der Waals surface area contributed by atoms with Crippen LogP contribution in [0.1, 0.15) is 0 Å². The Morgan fingerprint density at radius 2 is 0.986 bits per heavy atom. The van der Waals surface area contributed by atoms with Crippen LogP contribution in [0, 0.1) is 0 Å². The summed E-state index contributed by atoms with van der Waals surface area (Å²) in [5, 5.41) is 13.0. The molecule has 9 aromatic carbocycles. The molecule has 4 aromatic heterocycles. The van der Waals surface area contributed by atoms with E-state index in [4.69, 9.17) is 15.0 Å². The van der Waals surface area contributed by atoms with Gasteiger partial charge in [-0.05, 0) is 41.1 Å². The third-order valence-electron chi connectivity index (χ3n) is 13.6. The minimum absolute atomic E-state index is 0.693. The second-order valence-corrected chi connectivity index (χ2v) is 26.5. The molecule has 0 fully saturated rings. The van der Waals surface area contributed by atoms with E-state index in [1.165, 1.54) is 32.1 Å². The maximum absolute atomic E-state index is 15.2. The fourth-order valence-corrected chi connectivity index (χ4v) is 17.7. The first-order valence-corrected chi connectivity index (χ1v) is 28.7. The van der Waals surface area contributed by atoms with E-state index in [0.717, 1.165) is 76.9 Å². The minimum atomic E-state index is -3.18. The Morgan fingerprint density at radius 1 is 0.391 bits per heavy atom. The standard InChI is InChI=1S/C61H40N4OP2Se/c66-67(46-16-5-1-6-17-46,47-18-7-2-8-19-47)51-30-34-55(63-40-51)44-28-33-56-59(37-44)65-58-36-42(27-31-53(58)60-52-24-14-13-15-41(52)26-32-54(60)61(65)64-56)45-35-43-25-29-50(38-57(43)62-39-45)68(69,48-20-9-3-10-21-48)49-22-11-4-12-23-49/h1-40H. The van der Waals surface area contributed by atoms with Crippen molar-refractivity contribution in [2.24, 2.45) is 0 Å². The van der Waals surface area contributed by atoms with Gasteiger partial charge < -0.3 is 4.57 Å². The minimum Gasteiger partial charge on any atom is -0.255 e. The molecule has 0 aliphatic heterocycles. The molecule has 0 bridgehead atoms. The van der Waals surface area contributed by atoms with Gasteiger partial charge in [0.2, 0.25) is 0 Å². The van der Waals surface area contributed by atoms with Crippen molar-refractivity contribution in [3.8, 4) is 22.4 Å². The van der Waals surface area contributed by atoms with Gasteiger partial charge in [0.1, 0.15) is 0 Å². The van der Waals surface area contributed by atoms with Crippen molar-refractivity contribution in [2.75, 3.05) is 0 Å². The number of aromatic nitrogens is 4. The normalized spacial score (nSPS) is 12.2. The predicted octanol–water partition coefficient (Wildman–Crippen LogP) is 12.2. The number of imidazole rings is 1. The zero-order chi connectivity index (χ0) is 46.1. The summed E-state index contributed by atoms with van der Waals surface area (Å²) in [5.74, 6) is 0. The number of pyridine rings is 3. The van der Waals surface area contributed by atoms with Crippen LogP contribution in [-0.4, -0.2) is 34.5 Å². The molecule has 326 valence electrons. The summed E-state index contributed by atoms with van der Waals surface area (Å²) in [6.07, 6.45) is 3.80. The van der Waals surface area contributed by atoms with Crippen LogP contribution >= 0.6 is 12.7 Å². The maximum atomic E-state index is 15.2. The molecule has 0 spiro atoms. The van der Waals surface area contributed by atoms with Crippen LogP contribution in [-0.2, 0) is 4.57 Å². The van der Waals surface area contributed by atoms with Gasteiger partial charge in [-0.25, -0.2) is 4.98 Å². The van der Waals surface area contributed by atoms with Gasteiger partial charge in [-0.15, -0.1) is 0 Å². The summed E-state index contributed by atoms with van der Waals surface area (Å²) < 4.78 is 17.5. The first-order valence-electron chi connectivity index (χ1n) is 22.9. The van der Waals surface area contributed by atoms with E-state index in [-0.39, 0.29) is 0 Å². The van der Waals surface area contributed by atoms with Gasteiger partial charge in [0, 0.05) is 33.1 Å². The number of nitrogens with zero attached hydrogens (tertiary/aromatic N) is 4. The van der Waals surface area contributed by atoms with Crippen molar-refractivity contribution in [1.82, 2.24) is 19.4 Å². The van der Waals surface area contributed by atoms with Crippen molar-refractivity contribution in [3.63, 3.8) is 0 Å². The fourth-order valence-electron chi connectivity index (χ4n) is 10.2. The number of fused-ring (bicyclic) bond motifs is 11. The van der Waals surface area contributed by atoms with Crippen molar-refractivity contribution in [3.05, 3.63) is 243 Å². The van der Waals surface area contributed by atoms with Crippen LogP contribution in [0.3, 0.4) is 0 Å². The molecule has 13 aromatic rings. The summed E-state index contributed by atoms with van der Waals surface area (Å²) in [6, 6.07) is 80.3. The third kappa shape index (κ3) is 6.79. The quantitative estimate of drug-likeness (QED) is 0.0865. The number of benzene rings is 9. The van der Waals surface area contributed by atoms with Gasteiger partial charge in [0.05, 0.1) is 11.2 Å². The van der Waals surface area contributed by atoms with Gasteiger partial charge in [-0.3, -0.25) is 4.98 Å². The summed E-state index contributed by atoms with van der Waals surface area (Å²) in [4.78, 5) is 15.5. The van der Waals surface area contributed by atoms with Crippen molar-refractivity contribution >= 4 is 120 Å². The first-order chi connectivity index (χ1) is 33.9. The van der Waals surface area contributed by atoms with E-state index in [1.807, 2.05) is 79.0 Å². The van der Waals surface area contributed by atoms with Crippen molar-refractivity contribution in [1.29, 1.82) is 0 Å². The van der Waals surface area contributed by atoms with Crippen molar-refractivity contribution in [2.45, 2.75) is 0 Å². The van der Waals surface area contributed by atoms with Gasteiger partial charge in [0.25, 0.3) is 0 Å². The third-order valence-corrected chi connectivity index (χ3v) is 23.7. The predicted molar refractivity (Wildman–Crippen MR) is 293 cm³/mol. The van der Waals surface area contributed by atoms with E-state index in [0.29, 0.717) is 5.30 Å². The van der Waals surface area contributed by atoms with Gasteiger partial charge in [-0.2, -0.15) is 0 Å². The Kier molecular flexibility index (Phi) is 10.0. The van der Waals surface area contributed by atoms with Crippen LogP contribution in [0.15, 0.2) is 243 Å². The van der Waals surface area contributed by atoms with E-state index in [1.54, 1.807) is 6.20 Å². The number of rotatable bonds is 8. The van der Waals surface area contributed by atoms with Crippen LogP contribution < -0.4 is 31.8 Å². The molecule has 13 rings (SSSR count). The zero-order valence-corrected chi connectivity index (χ0v) is 40.6. The van der Waals surface area contributed by atoms with Crippen LogP contribution in [0.25, 0.3) is 82.4 Å². The van der Waals surface area contributed by atoms with E-state index in [9.17, 15) is 0 Å². The molecular formula is C61H40N4OP2Se. The van der Waals surface area contributed by atoms with Crippen LogP contribution in [0.5, 0.6) is 0 Å². The smallest absolute Gasteiger partial charge is 0.255 e. The average Bonchev–Trinajstić information content (AvgIpc) is 3.82. The molecule has 4 heterocycles. The molecule has 0 radical (unpaired) electrons. The molecular weight excluding hydrogens is 946 g/mol. The molecule has 0 aliphatic carbocycles. The molecule has 69 heavy (non-hydrogen) atoms. The molecule has 0 unspecified atom stereocenters. The number of hydrogen-bond acceptors (Lipinski definition) is 4. The molecule has 0 saturated heterocycles. The second-order valence-electron chi connectivity index (χ2n) is 17.5. The Hall–Kier alpha value is -7.55. The summed E-state index contributed by atoms with van der Waals surface area (Å²) in [5.41, 5.74) is 6.57. The molecule has 8 heteroatoms. The van der Waals surface area contributed by atoms with E-state index in [2.05, 4.69) is 177 Å². The number of hydrogen-bond donors (Lipinski definition) is 0. The Labute approximate surface area is 406 Å². The second kappa shape index (κ2) is 16.6. The summed E-state index contributed by atoms with van der Waals surface area (Å²) >= 11 is 3.70. The van der Waals surface area contributed by atoms with E-state index < -0.39 is 12.7 Å². The average molecular weight is 986 g/mol. The summed E-state index contributed by atoms with van der Waals surface area (Å²) in [7, 11) is -3.18.